The zero-order chi connectivity index (χ0) is 14.6. The largest absolute Gasteiger partial charge is 0.573 e. The fraction of sp³-hybridized carbons (Fsp3) is 0.143. The van der Waals surface area contributed by atoms with Crippen LogP contribution >= 0.6 is 11.8 Å². The maximum atomic E-state index is 12.0. The van der Waals surface area contributed by atoms with E-state index in [1.54, 1.807) is 30.3 Å². The molecule has 0 heterocycles. The molecule has 20 heavy (non-hydrogen) atoms. The van der Waals surface area contributed by atoms with Crippen molar-refractivity contribution in [3.8, 4) is 11.5 Å². The lowest BCUT2D eigenvalue weighted by Crippen LogP contribution is -2.16. The highest BCUT2D eigenvalue weighted by atomic mass is 32.2. The van der Waals surface area contributed by atoms with Crippen LogP contribution in [0.1, 0.15) is 5.56 Å². The van der Waals surface area contributed by atoms with Gasteiger partial charge < -0.3 is 9.84 Å². The highest BCUT2D eigenvalue weighted by Crippen LogP contribution is 2.31. The van der Waals surface area contributed by atoms with E-state index in [2.05, 4.69) is 4.74 Å². The van der Waals surface area contributed by atoms with Crippen LogP contribution in [0, 0.1) is 0 Å². The van der Waals surface area contributed by atoms with Crippen molar-refractivity contribution in [2.24, 2.45) is 0 Å². The molecule has 0 saturated carbocycles. The van der Waals surface area contributed by atoms with Gasteiger partial charge in [-0.25, -0.2) is 0 Å². The Morgan fingerprint density at radius 1 is 1.00 bits per heavy atom. The number of aromatic hydroxyl groups is 1. The Balaban J connectivity index is 1.96. The molecule has 0 atom stereocenters. The quantitative estimate of drug-likeness (QED) is 0.838. The van der Waals surface area contributed by atoms with E-state index < -0.39 is 6.36 Å². The smallest absolute Gasteiger partial charge is 0.507 e. The van der Waals surface area contributed by atoms with Gasteiger partial charge in [-0.05, 0) is 29.8 Å². The first kappa shape index (κ1) is 14.6. The number of para-hydroxylation sites is 1. The van der Waals surface area contributed by atoms with Crippen LogP contribution in [0.3, 0.4) is 0 Å². The summed E-state index contributed by atoms with van der Waals surface area (Å²) < 4.78 is 39.8. The van der Waals surface area contributed by atoms with Crippen molar-refractivity contribution in [2.45, 2.75) is 17.0 Å². The summed E-state index contributed by atoms with van der Waals surface area (Å²) in [6, 6.07) is 12.6. The minimum Gasteiger partial charge on any atom is -0.507 e. The topological polar surface area (TPSA) is 29.5 Å². The number of phenolic OH excluding ortho intramolecular Hbond substituents is 1. The summed E-state index contributed by atoms with van der Waals surface area (Å²) in [5.74, 6) is 0.493. The number of hydrogen-bond acceptors (Lipinski definition) is 3. The SMILES string of the molecule is Oc1ccccc1SCc1ccc(OC(F)(F)F)cc1. The summed E-state index contributed by atoms with van der Waals surface area (Å²) >= 11 is 1.41. The Bertz CT molecular complexity index is 567. The average Bonchev–Trinajstić information content (AvgIpc) is 2.38. The second-order valence-electron chi connectivity index (χ2n) is 3.95. The van der Waals surface area contributed by atoms with E-state index in [4.69, 9.17) is 0 Å². The van der Waals surface area contributed by atoms with Crippen molar-refractivity contribution < 1.29 is 23.0 Å². The standard InChI is InChI=1S/C14H11F3O2S/c15-14(16,17)19-11-7-5-10(6-8-11)9-20-13-4-2-1-3-12(13)18/h1-8,18H,9H2. The Morgan fingerprint density at radius 3 is 2.25 bits per heavy atom. The molecular formula is C14H11F3O2S. The molecule has 1 N–H and O–H groups in total. The van der Waals surface area contributed by atoms with Gasteiger partial charge in [0.05, 0.1) is 0 Å². The molecule has 0 fully saturated rings. The van der Waals surface area contributed by atoms with E-state index in [-0.39, 0.29) is 11.5 Å². The number of halogens is 3. The second kappa shape index (κ2) is 6.09. The molecule has 0 aliphatic heterocycles. The fourth-order valence-corrected chi connectivity index (χ4v) is 2.43. The number of phenols is 1. The van der Waals surface area contributed by atoms with Crippen LogP contribution in [-0.2, 0) is 5.75 Å². The van der Waals surface area contributed by atoms with Crippen molar-refractivity contribution in [2.75, 3.05) is 0 Å². The van der Waals surface area contributed by atoms with Gasteiger partial charge in [0.1, 0.15) is 11.5 Å². The van der Waals surface area contributed by atoms with Crippen LogP contribution < -0.4 is 4.74 Å². The lowest BCUT2D eigenvalue weighted by molar-refractivity contribution is -0.274. The molecule has 0 amide bonds. The second-order valence-corrected chi connectivity index (χ2v) is 4.97. The van der Waals surface area contributed by atoms with Crippen LogP contribution in [0.5, 0.6) is 11.5 Å². The first-order valence-corrected chi connectivity index (χ1v) is 6.68. The number of benzene rings is 2. The minimum atomic E-state index is -4.67. The highest BCUT2D eigenvalue weighted by Gasteiger charge is 2.30. The third-order valence-electron chi connectivity index (χ3n) is 2.42. The summed E-state index contributed by atoms with van der Waals surface area (Å²) in [6.07, 6.45) is -4.67. The Morgan fingerprint density at radius 2 is 1.65 bits per heavy atom. The highest BCUT2D eigenvalue weighted by molar-refractivity contribution is 7.98. The van der Waals surface area contributed by atoms with E-state index in [1.165, 1.54) is 23.9 Å². The maximum Gasteiger partial charge on any atom is 0.573 e. The van der Waals surface area contributed by atoms with Crippen molar-refractivity contribution in [3.63, 3.8) is 0 Å². The Labute approximate surface area is 118 Å². The zero-order valence-electron chi connectivity index (χ0n) is 10.2. The van der Waals surface area contributed by atoms with Crippen LogP contribution in [-0.4, -0.2) is 11.5 Å². The van der Waals surface area contributed by atoms with Gasteiger partial charge in [0.15, 0.2) is 0 Å². The number of thioether (sulfide) groups is 1. The van der Waals surface area contributed by atoms with Crippen LogP contribution in [0.25, 0.3) is 0 Å². The molecule has 0 bridgehead atoms. The van der Waals surface area contributed by atoms with E-state index in [0.29, 0.717) is 5.75 Å². The third-order valence-corrected chi connectivity index (χ3v) is 3.55. The molecule has 2 aromatic carbocycles. The van der Waals surface area contributed by atoms with E-state index in [1.807, 2.05) is 6.07 Å². The summed E-state index contributed by atoms with van der Waals surface area (Å²) in [5.41, 5.74) is 0.841. The van der Waals surface area contributed by atoms with Gasteiger partial charge >= 0.3 is 6.36 Å². The van der Waals surface area contributed by atoms with Crippen molar-refractivity contribution >= 4 is 11.8 Å². The molecule has 0 radical (unpaired) electrons. The molecule has 2 nitrogen and oxygen atoms in total. The monoisotopic (exact) mass is 300 g/mol. The van der Waals surface area contributed by atoms with Crippen molar-refractivity contribution in [1.82, 2.24) is 0 Å². The normalized spacial score (nSPS) is 11.3. The Hall–Kier alpha value is -1.82. The number of hydrogen-bond donors (Lipinski definition) is 1. The molecule has 2 aromatic rings. The number of rotatable bonds is 4. The van der Waals surface area contributed by atoms with Gasteiger partial charge in [0.2, 0.25) is 0 Å². The fourth-order valence-electron chi connectivity index (χ4n) is 1.53. The number of alkyl halides is 3. The van der Waals surface area contributed by atoms with Gasteiger partial charge in [-0.3, -0.25) is 0 Å². The van der Waals surface area contributed by atoms with Gasteiger partial charge in [-0.15, -0.1) is 24.9 Å². The zero-order valence-corrected chi connectivity index (χ0v) is 11.0. The van der Waals surface area contributed by atoms with Gasteiger partial charge in [0, 0.05) is 10.6 Å². The molecule has 2 rings (SSSR count). The van der Waals surface area contributed by atoms with Crippen molar-refractivity contribution in [1.29, 1.82) is 0 Å². The molecule has 6 heteroatoms. The number of ether oxygens (including phenoxy) is 1. The van der Waals surface area contributed by atoms with E-state index >= 15 is 0 Å². The maximum absolute atomic E-state index is 12.0. The third kappa shape index (κ3) is 4.38. The van der Waals surface area contributed by atoms with Crippen LogP contribution in [0.15, 0.2) is 53.4 Å². The predicted molar refractivity (Wildman–Crippen MR) is 70.8 cm³/mol. The lowest BCUT2D eigenvalue weighted by Gasteiger charge is -2.09. The molecule has 0 aromatic heterocycles. The molecule has 0 unspecified atom stereocenters. The molecule has 0 spiro atoms. The molecule has 106 valence electrons. The predicted octanol–water partition coefficient (Wildman–Crippen LogP) is 4.58. The lowest BCUT2D eigenvalue weighted by atomic mass is 10.2. The Kier molecular flexibility index (Phi) is 4.44. The van der Waals surface area contributed by atoms with E-state index in [0.717, 1.165) is 10.5 Å². The first-order chi connectivity index (χ1) is 9.44. The van der Waals surface area contributed by atoms with Crippen LogP contribution in [0.2, 0.25) is 0 Å². The summed E-state index contributed by atoms with van der Waals surface area (Å²) in [6.45, 7) is 0. The molecule has 0 aliphatic carbocycles. The van der Waals surface area contributed by atoms with Gasteiger partial charge in [-0.1, -0.05) is 24.3 Å². The van der Waals surface area contributed by atoms with Gasteiger partial charge in [0.25, 0.3) is 0 Å². The first-order valence-electron chi connectivity index (χ1n) is 5.69. The summed E-state index contributed by atoms with van der Waals surface area (Å²) in [5, 5.41) is 9.59. The van der Waals surface area contributed by atoms with Crippen molar-refractivity contribution in [3.05, 3.63) is 54.1 Å². The molecule has 0 saturated heterocycles. The summed E-state index contributed by atoms with van der Waals surface area (Å²) in [7, 11) is 0. The van der Waals surface area contributed by atoms with E-state index in [9.17, 15) is 18.3 Å². The molecule has 0 aliphatic rings. The molecular weight excluding hydrogens is 289 g/mol. The van der Waals surface area contributed by atoms with Crippen LogP contribution in [0.4, 0.5) is 13.2 Å². The summed E-state index contributed by atoms with van der Waals surface area (Å²) in [4.78, 5) is 0.725. The van der Waals surface area contributed by atoms with Gasteiger partial charge in [-0.2, -0.15) is 0 Å². The average molecular weight is 300 g/mol. The minimum absolute atomic E-state index is 0.189.